The zero-order valence-electron chi connectivity index (χ0n) is 11.9. The fraction of sp³-hybridized carbons (Fsp3) is 0.235. The Morgan fingerprint density at radius 3 is 2.95 bits per heavy atom. The van der Waals surface area contributed by atoms with Gasteiger partial charge in [-0.1, -0.05) is 24.3 Å². The lowest BCUT2D eigenvalue weighted by atomic mass is 10.2. The molecule has 0 atom stereocenters. The van der Waals surface area contributed by atoms with Crippen LogP contribution >= 0.6 is 0 Å². The van der Waals surface area contributed by atoms with E-state index in [0.717, 1.165) is 17.7 Å². The second-order valence-electron chi connectivity index (χ2n) is 5.24. The Bertz CT molecular complexity index is 684. The highest BCUT2D eigenvalue weighted by Crippen LogP contribution is 2.27. The third-order valence-electron chi connectivity index (χ3n) is 3.82. The summed E-state index contributed by atoms with van der Waals surface area (Å²) < 4.78 is 13.2. The normalized spacial score (nSPS) is 13.1. The SMILES string of the molecule is Cc1ccc(F)cc1NCC(=O)N1CCc2ccccc21. The maximum absolute atomic E-state index is 13.2. The number of aryl methyl sites for hydroxylation is 1. The van der Waals surface area contributed by atoms with Crippen LogP contribution in [0, 0.1) is 12.7 Å². The Morgan fingerprint density at radius 1 is 1.29 bits per heavy atom. The number of carbonyl (C=O) groups is 1. The van der Waals surface area contributed by atoms with Crippen molar-refractivity contribution in [1.82, 2.24) is 0 Å². The highest BCUT2D eigenvalue weighted by atomic mass is 19.1. The van der Waals surface area contributed by atoms with E-state index in [9.17, 15) is 9.18 Å². The second kappa shape index (κ2) is 5.56. The molecule has 1 aliphatic heterocycles. The molecule has 1 amide bonds. The molecule has 0 unspecified atom stereocenters. The Morgan fingerprint density at radius 2 is 2.10 bits per heavy atom. The summed E-state index contributed by atoms with van der Waals surface area (Å²) in [6.07, 6.45) is 0.890. The van der Waals surface area contributed by atoms with E-state index in [1.54, 1.807) is 11.0 Å². The van der Waals surface area contributed by atoms with Gasteiger partial charge in [0, 0.05) is 17.9 Å². The minimum Gasteiger partial charge on any atom is -0.376 e. The maximum atomic E-state index is 13.2. The van der Waals surface area contributed by atoms with Gasteiger partial charge in [-0.25, -0.2) is 4.39 Å². The van der Waals surface area contributed by atoms with E-state index in [1.165, 1.54) is 17.7 Å². The van der Waals surface area contributed by atoms with Crippen LogP contribution < -0.4 is 10.2 Å². The molecule has 2 aromatic rings. The summed E-state index contributed by atoms with van der Waals surface area (Å²) in [6, 6.07) is 12.5. The van der Waals surface area contributed by atoms with E-state index in [4.69, 9.17) is 0 Å². The molecular formula is C17H17FN2O. The lowest BCUT2D eigenvalue weighted by Gasteiger charge is -2.18. The Hall–Kier alpha value is -2.36. The number of hydrogen-bond donors (Lipinski definition) is 1. The molecule has 1 aliphatic rings. The molecule has 1 heterocycles. The van der Waals surface area contributed by atoms with E-state index >= 15 is 0 Å². The van der Waals surface area contributed by atoms with Crippen LogP contribution in [-0.2, 0) is 11.2 Å². The summed E-state index contributed by atoms with van der Waals surface area (Å²) in [6.45, 7) is 2.76. The van der Waals surface area contributed by atoms with Crippen molar-refractivity contribution in [2.75, 3.05) is 23.3 Å². The lowest BCUT2D eigenvalue weighted by Crippen LogP contribution is -2.34. The fourth-order valence-corrected chi connectivity index (χ4v) is 2.65. The number of carbonyl (C=O) groups excluding carboxylic acids is 1. The molecule has 4 heteroatoms. The van der Waals surface area contributed by atoms with E-state index in [0.29, 0.717) is 12.2 Å². The molecule has 0 aliphatic carbocycles. The molecule has 0 saturated heterocycles. The number of benzene rings is 2. The van der Waals surface area contributed by atoms with Crippen LogP contribution in [0.1, 0.15) is 11.1 Å². The third kappa shape index (κ3) is 2.75. The number of nitrogens with zero attached hydrogens (tertiary/aromatic N) is 1. The Balaban J connectivity index is 1.69. The number of rotatable bonds is 3. The first kappa shape index (κ1) is 13.6. The highest BCUT2D eigenvalue weighted by Gasteiger charge is 2.23. The molecule has 2 aromatic carbocycles. The molecule has 108 valence electrons. The van der Waals surface area contributed by atoms with Gasteiger partial charge in [0.15, 0.2) is 0 Å². The third-order valence-corrected chi connectivity index (χ3v) is 3.82. The van der Waals surface area contributed by atoms with Crippen LogP contribution in [0.5, 0.6) is 0 Å². The topological polar surface area (TPSA) is 32.3 Å². The fourth-order valence-electron chi connectivity index (χ4n) is 2.65. The number of fused-ring (bicyclic) bond motifs is 1. The maximum Gasteiger partial charge on any atom is 0.246 e. The molecule has 3 rings (SSSR count). The molecule has 0 saturated carbocycles. The zero-order valence-corrected chi connectivity index (χ0v) is 11.9. The monoisotopic (exact) mass is 284 g/mol. The standard InChI is InChI=1S/C17H17FN2O/c1-12-6-7-14(18)10-15(12)19-11-17(21)20-9-8-13-4-2-3-5-16(13)20/h2-7,10,19H,8-9,11H2,1H3. The first-order valence-electron chi connectivity index (χ1n) is 7.03. The van der Waals surface area contributed by atoms with Crippen molar-refractivity contribution >= 4 is 17.3 Å². The molecule has 0 bridgehead atoms. The van der Waals surface area contributed by atoms with Gasteiger partial charge < -0.3 is 10.2 Å². The smallest absolute Gasteiger partial charge is 0.246 e. The van der Waals surface area contributed by atoms with Gasteiger partial charge in [0.2, 0.25) is 5.91 Å². The molecular weight excluding hydrogens is 267 g/mol. The summed E-state index contributed by atoms with van der Waals surface area (Å²) >= 11 is 0. The number of hydrogen-bond acceptors (Lipinski definition) is 2. The number of amides is 1. The van der Waals surface area contributed by atoms with Gasteiger partial charge in [-0.3, -0.25) is 4.79 Å². The van der Waals surface area contributed by atoms with E-state index in [1.807, 2.05) is 31.2 Å². The van der Waals surface area contributed by atoms with Crippen LogP contribution in [0.15, 0.2) is 42.5 Å². The van der Waals surface area contributed by atoms with Gasteiger partial charge in [-0.2, -0.15) is 0 Å². The molecule has 0 fully saturated rings. The first-order chi connectivity index (χ1) is 10.1. The molecule has 21 heavy (non-hydrogen) atoms. The predicted octanol–water partition coefficient (Wildman–Crippen LogP) is 3.14. The molecule has 0 spiro atoms. The average Bonchev–Trinajstić information content (AvgIpc) is 2.92. The largest absolute Gasteiger partial charge is 0.376 e. The first-order valence-corrected chi connectivity index (χ1v) is 7.03. The minimum absolute atomic E-state index is 0.00334. The second-order valence-corrected chi connectivity index (χ2v) is 5.24. The van der Waals surface area contributed by atoms with Gasteiger partial charge in [0.25, 0.3) is 0 Å². The van der Waals surface area contributed by atoms with Gasteiger partial charge in [0.05, 0.1) is 6.54 Å². The molecule has 0 aromatic heterocycles. The van der Waals surface area contributed by atoms with E-state index in [2.05, 4.69) is 5.32 Å². The minimum atomic E-state index is -0.304. The van der Waals surface area contributed by atoms with Crippen molar-refractivity contribution in [3.8, 4) is 0 Å². The molecule has 1 N–H and O–H groups in total. The van der Waals surface area contributed by atoms with Crippen molar-refractivity contribution in [2.45, 2.75) is 13.3 Å². The van der Waals surface area contributed by atoms with E-state index in [-0.39, 0.29) is 18.3 Å². The van der Waals surface area contributed by atoms with Crippen molar-refractivity contribution < 1.29 is 9.18 Å². The highest BCUT2D eigenvalue weighted by molar-refractivity contribution is 5.98. The van der Waals surface area contributed by atoms with Gasteiger partial charge in [-0.15, -0.1) is 0 Å². The van der Waals surface area contributed by atoms with Crippen molar-refractivity contribution in [1.29, 1.82) is 0 Å². The Kier molecular flexibility index (Phi) is 3.60. The number of para-hydroxylation sites is 1. The van der Waals surface area contributed by atoms with Crippen LogP contribution in [0.3, 0.4) is 0 Å². The van der Waals surface area contributed by atoms with Crippen molar-refractivity contribution in [3.63, 3.8) is 0 Å². The molecule has 0 radical (unpaired) electrons. The lowest BCUT2D eigenvalue weighted by molar-refractivity contribution is -0.116. The Labute approximate surface area is 123 Å². The summed E-state index contributed by atoms with van der Waals surface area (Å²) in [4.78, 5) is 14.1. The predicted molar refractivity (Wildman–Crippen MR) is 82.1 cm³/mol. The van der Waals surface area contributed by atoms with Crippen LogP contribution in [0.4, 0.5) is 15.8 Å². The summed E-state index contributed by atoms with van der Waals surface area (Å²) in [5.74, 6) is -0.300. The van der Waals surface area contributed by atoms with Crippen LogP contribution in [-0.4, -0.2) is 19.0 Å². The van der Waals surface area contributed by atoms with Crippen LogP contribution in [0.2, 0.25) is 0 Å². The van der Waals surface area contributed by atoms with Crippen molar-refractivity contribution in [2.24, 2.45) is 0 Å². The van der Waals surface area contributed by atoms with Crippen LogP contribution in [0.25, 0.3) is 0 Å². The molecule has 3 nitrogen and oxygen atoms in total. The van der Waals surface area contributed by atoms with Gasteiger partial charge in [-0.05, 0) is 42.7 Å². The average molecular weight is 284 g/mol. The van der Waals surface area contributed by atoms with E-state index < -0.39 is 0 Å². The number of halogens is 1. The summed E-state index contributed by atoms with van der Waals surface area (Å²) in [7, 11) is 0. The quantitative estimate of drug-likeness (QED) is 0.939. The van der Waals surface area contributed by atoms with Gasteiger partial charge >= 0.3 is 0 Å². The summed E-state index contributed by atoms with van der Waals surface area (Å²) in [5.41, 5.74) is 3.77. The summed E-state index contributed by atoms with van der Waals surface area (Å²) in [5, 5.41) is 3.03. The zero-order chi connectivity index (χ0) is 14.8. The number of nitrogens with one attached hydrogen (secondary N) is 1. The van der Waals surface area contributed by atoms with Crippen molar-refractivity contribution in [3.05, 3.63) is 59.4 Å². The van der Waals surface area contributed by atoms with Gasteiger partial charge in [0.1, 0.15) is 5.82 Å². The number of anilines is 2.